The molecule has 0 aliphatic carbocycles. The second-order valence-corrected chi connectivity index (χ2v) is 4.71. The lowest BCUT2D eigenvalue weighted by molar-refractivity contribution is -0.140. The summed E-state index contributed by atoms with van der Waals surface area (Å²) in [6, 6.07) is 2.51. The number of benzene rings is 1. The SMILES string of the molecule is CCC(C)C(NC(=O)c1ccc(F)c(Cl)c1)C(=O)O. The van der Waals surface area contributed by atoms with Gasteiger partial charge in [-0.25, -0.2) is 9.18 Å². The summed E-state index contributed by atoms with van der Waals surface area (Å²) in [5.74, 6) is -2.53. The summed E-state index contributed by atoms with van der Waals surface area (Å²) in [5, 5.41) is 11.3. The van der Waals surface area contributed by atoms with Gasteiger partial charge in [-0.15, -0.1) is 0 Å². The Kier molecular flexibility index (Phi) is 5.30. The van der Waals surface area contributed by atoms with Crippen LogP contribution >= 0.6 is 11.6 Å². The molecule has 0 aliphatic rings. The van der Waals surface area contributed by atoms with Gasteiger partial charge < -0.3 is 10.4 Å². The molecule has 0 aromatic heterocycles. The molecule has 0 fully saturated rings. The molecular weight excluding hydrogens is 273 g/mol. The summed E-state index contributed by atoms with van der Waals surface area (Å²) in [4.78, 5) is 23.0. The number of carbonyl (C=O) groups is 2. The van der Waals surface area contributed by atoms with E-state index in [0.29, 0.717) is 6.42 Å². The number of nitrogens with one attached hydrogen (secondary N) is 1. The highest BCUT2D eigenvalue weighted by Gasteiger charge is 2.25. The number of carbonyl (C=O) groups excluding carboxylic acids is 1. The molecule has 0 saturated carbocycles. The maximum absolute atomic E-state index is 13.0. The Bertz CT molecular complexity index is 493. The summed E-state index contributed by atoms with van der Waals surface area (Å²) >= 11 is 5.58. The highest BCUT2D eigenvalue weighted by atomic mass is 35.5. The first-order valence-corrected chi connectivity index (χ1v) is 6.23. The van der Waals surface area contributed by atoms with E-state index >= 15 is 0 Å². The van der Waals surface area contributed by atoms with Crippen LogP contribution in [0.1, 0.15) is 30.6 Å². The Labute approximate surface area is 115 Å². The van der Waals surface area contributed by atoms with Crippen LogP contribution in [0, 0.1) is 11.7 Å². The van der Waals surface area contributed by atoms with Gasteiger partial charge in [-0.05, 0) is 24.1 Å². The first kappa shape index (κ1) is 15.4. The van der Waals surface area contributed by atoms with E-state index in [1.54, 1.807) is 6.92 Å². The van der Waals surface area contributed by atoms with Gasteiger partial charge in [0, 0.05) is 5.56 Å². The predicted octanol–water partition coefficient (Wildman–Crippen LogP) is 2.71. The maximum Gasteiger partial charge on any atom is 0.326 e. The normalized spacial score (nSPS) is 13.7. The topological polar surface area (TPSA) is 66.4 Å². The molecule has 1 aromatic carbocycles. The van der Waals surface area contributed by atoms with E-state index in [0.717, 1.165) is 6.07 Å². The number of carboxylic acid groups (broad SMARTS) is 1. The van der Waals surface area contributed by atoms with Crippen LogP contribution in [0.3, 0.4) is 0 Å². The van der Waals surface area contributed by atoms with E-state index in [2.05, 4.69) is 5.32 Å². The smallest absolute Gasteiger partial charge is 0.326 e. The lowest BCUT2D eigenvalue weighted by Crippen LogP contribution is -2.45. The van der Waals surface area contributed by atoms with Crippen LogP contribution in [-0.4, -0.2) is 23.0 Å². The van der Waals surface area contributed by atoms with Crippen molar-refractivity contribution in [2.24, 2.45) is 5.92 Å². The monoisotopic (exact) mass is 287 g/mol. The molecule has 2 unspecified atom stereocenters. The molecule has 104 valence electrons. The second kappa shape index (κ2) is 6.52. The van der Waals surface area contributed by atoms with Crippen molar-refractivity contribution in [3.63, 3.8) is 0 Å². The molecule has 1 aromatic rings. The van der Waals surface area contributed by atoms with Crippen molar-refractivity contribution in [1.82, 2.24) is 5.32 Å². The van der Waals surface area contributed by atoms with Gasteiger partial charge in [0.15, 0.2) is 0 Å². The van der Waals surface area contributed by atoms with Gasteiger partial charge in [0.2, 0.25) is 0 Å². The summed E-state index contributed by atoms with van der Waals surface area (Å²) in [6.07, 6.45) is 0.613. The van der Waals surface area contributed by atoms with Crippen LogP contribution in [0.15, 0.2) is 18.2 Å². The van der Waals surface area contributed by atoms with Crippen molar-refractivity contribution in [1.29, 1.82) is 0 Å². The Balaban J connectivity index is 2.87. The molecule has 0 bridgehead atoms. The van der Waals surface area contributed by atoms with E-state index in [1.165, 1.54) is 12.1 Å². The quantitative estimate of drug-likeness (QED) is 0.875. The zero-order valence-electron chi connectivity index (χ0n) is 10.6. The zero-order valence-corrected chi connectivity index (χ0v) is 11.4. The third kappa shape index (κ3) is 3.92. The highest BCUT2D eigenvalue weighted by Crippen LogP contribution is 2.16. The fraction of sp³-hybridized carbons (Fsp3) is 0.385. The molecular formula is C13H15ClFNO3. The van der Waals surface area contributed by atoms with Crippen LogP contribution in [0.2, 0.25) is 5.02 Å². The number of hydrogen-bond acceptors (Lipinski definition) is 2. The van der Waals surface area contributed by atoms with Gasteiger partial charge in [0.1, 0.15) is 11.9 Å². The van der Waals surface area contributed by atoms with Crippen molar-refractivity contribution >= 4 is 23.5 Å². The van der Waals surface area contributed by atoms with Crippen molar-refractivity contribution in [3.05, 3.63) is 34.6 Å². The molecule has 4 nitrogen and oxygen atoms in total. The van der Waals surface area contributed by atoms with Gasteiger partial charge >= 0.3 is 5.97 Å². The minimum atomic E-state index is -1.10. The van der Waals surface area contributed by atoms with Crippen LogP contribution in [0.25, 0.3) is 0 Å². The average Bonchev–Trinajstić information content (AvgIpc) is 2.37. The summed E-state index contributed by atoms with van der Waals surface area (Å²) < 4.78 is 13.0. The molecule has 1 rings (SSSR count). The molecule has 19 heavy (non-hydrogen) atoms. The summed E-state index contributed by atoms with van der Waals surface area (Å²) in [6.45, 7) is 3.57. The minimum Gasteiger partial charge on any atom is -0.480 e. The van der Waals surface area contributed by atoms with Gasteiger partial charge in [-0.2, -0.15) is 0 Å². The van der Waals surface area contributed by atoms with Crippen molar-refractivity contribution in [2.75, 3.05) is 0 Å². The number of halogens is 2. The molecule has 2 atom stereocenters. The van der Waals surface area contributed by atoms with E-state index in [1.807, 2.05) is 6.92 Å². The number of hydrogen-bond donors (Lipinski definition) is 2. The Morgan fingerprint density at radius 3 is 2.58 bits per heavy atom. The first-order valence-electron chi connectivity index (χ1n) is 5.85. The highest BCUT2D eigenvalue weighted by molar-refractivity contribution is 6.31. The number of rotatable bonds is 5. The average molecular weight is 288 g/mol. The van der Waals surface area contributed by atoms with E-state index < -0.39 is 23.7 Å². The third-order valence-corrected chi connectivity index (χ3v) is 3.24. The first-order chi connectivity index (χ1) is 8.86. The van der Waals surface area contributed by atoms with Crippen molar-refractivity contribution in [2.45, 2.75) is 26.3 Å². The molecule has 0 spiro atoms. The van der Waals surface area contributed by atoms with Gasteiger partial charge in [-0.1, -0.05) is 31.9 Å². The molecule has 0 saturated heterocycles. The third-order valence-electron chi connectivity index (χ3n) is 2.95. The number of amides is 1. The number of aliphatic carboxylic acids is 1. The van der Waals surface area contributed by atoms with E-state index in [4.69, 9.17) is 16.7 Å². The van der Waals surface area contributed by atoms with Crippen LogP contribution < -0.4 is 5.32 Å². The lowest BCUT2D eigenvalue weighted by Gasteiger charge is -2.20. The molecule has 0 aliphatic heterocycles. The minimum absolute atomic E-state index is 0.126. The number of carboxylic acids is 1. The maximum atomic E-state index is 13.0. The van der Waals surface area contributed by atoms with Crippen LogP contribution in [0.5, 0.6) is 0 Å². The standard InChI is InChI=1S/C13H15ClFNO3/c1-3-7(2)11(13(18)19)16-12(17)8-4-5-10(15)9(14)6-8/h4-7,11H,3H2,1-2H3,(H,16,17)(H,18,19). The van der Waals surface area contributed by atoms with Crippen LogP contribution in [0.4, 0.5) is 4.39 Å². The molecule has 0 radical (unpaired) electrons. The molecule has 1 amide bonds. The van der Waals surface area contributed by atoms with Gasteiger partial charge in [0.25, 0.3) is 5.91 Å². The second-order valence-electron chi connectivity index (χ2n) is 4.30. The molecule has 0 heterocycles. The van der Waals surface area contributed by atoms with Crippen molar-refractivity contribution in [3.8, 4) is 0 Å². The van der Waals surface area contributed by atoms with Gasteiger partial charge in [-0.3, -0.25) is 4.79 Å². The Hall–Kier alpha value is -1.62. The van der Waals surface area contributed by atoms with E-state index in [9.17, 15) is 14.0 Å². The Morgan fingerprint density at radius 2 is 2.11 bits per heavy atom. The molecule has 6 heteroatoms. The van der Waals surface area contributed by atoms with Gasteiger partial charge in [0.05, 0.1) is 5.02 Å². The lowest BCUT2D eigenvalue weighted by atomic mass is 9.99. The largest absolute Gasteiger partial charge is 0.480 e. The summed E-state index contributed by atoms with van der Waals surface area (Å²) in [5.41, 5.74) is 0.126. The zero-order chi connectivity index (χ0) is 14.6. The Morgan fingerprint density at radius 1 is 1.47 bits per heavy atom. The summed E-state index contributed by atoms with van der Waals surface area (Å²) in [7, 11) is 0. The van der Waals surface area contributed by atoms with Crippen LogP contribution in [-0.2, 0) is 4.79 Å². The fourth-order valence-electron chi connectivity index (χ4n) is 1.55. The van der Waals surface area contributed by atoms with Crippen molar-refractivity contribution < 1.29 is 19.1 Å². The predicted molar refractivity (Wildman–Crippen MR) is 69.8 cm³/mol. The molecule has 2 N–H and O–H groups in total. The fourth-order valence-corrected chi connectivity index (χ4v) is 1.73. The van der Waals surface area contributed by atoms with E-state index in [-0.39, 0.29) is 16.5 Å².